The van der Waals surface area contributed by atoms with E-state index in [0.29, 0.717) is 12.1 Å². The molecule has 3 rings (SSSR count). The second kappa shape index (κ2) is 3.79. The molecule has 2 atom stereocenters. The van der Waals surface area contributed by atoms with Crippen molar-refractivity contribution in [3.8, 4) is 0 Å². The molecule has 2 saturated heterocycles. The van der Waals surface area contributed by atoms with Gasteiger partial charge in [0.05, 0.1) is 5.60 Å². The summed E-state index contributed by atoms with van der Waals surface area (Å²) in [5, 5.41) is 10.9. The Morgan fingerprint density at radius 2 is 2.00 bits per heavy atom. The van der Waals surface area contributed by atoms with E-state index in [1.807, 2.05) is 25.3 Å². The fourth-order valence-electron chi connectivity index (χ4n) is 3.52. The first-order valence-corrected chi connectivity index (χ1v) is 6.46. The lowest BCUT2D eigenvalue weighted by Gasteiger charge is -2.42. The predicted molar refractivity (Wildman–Crippen MR) is 66.7 cm³/mol. The lowest BCUT2D eigenvalue weighted by atomic mass is 9.81. The number of aliphatic hydroxyl groups is 1. The fourth-order valence-corrected chi connectivity index (χ4v) is 3.52. The lowest BCUT2D eigenvalue weighted by Crippen LogP contribution is -2.47. The molecule has 1 N–H and O–H groups in total. The molecule has 3 nitrogen and oxygen atoms in total. The zero-order valence-electron chi connectivity index (χ0n) is 10.6. The van der Waals surface area contributed by atoms with Crippen LogP contribution in [-0.4, -0.2) is 34.1 Å². The minimum Gasteiger partial charge on any atom is -0.385 e. The van der Waals surface area contributed by atoms with Crippen LogP contribution in [-0.2, 0) is 5.60 Å². The van der Waals surface area contributed by atoms with Gasteiger partial charge in [0.1, 0.15) is 0 Å². The van der Waals surface area contributed by atoms with E-state index in [1.54, 1.807) is 0 Å². The zero-order valence-corrected chi connectivity index (χ0v) is 10.6. The summed E-state index contributed by atoms with van der Waals surface area (Å²) >= 11 is 0. The van der Waals surface area contributed by atoms with Gasteiger partial charge in [-0.05, 0) is 57.4 Å². The van der Waals surface area contributed by atoms with E-state index >= 15 is 0 Å². The number of fused-ring (bicyclic) bond motifs is 2. The van der Waals surface area contributed by atoms with Crippen LogP contribution in [0.1, 0.15) is 36.9 Å². The minimum absolute atomic E-state index is 0.548. The lowest BCUT2D eigenvalue weighted by molar-refractivity contribution is -0.0494. The molecule has 17 heavy (non-hydrogen) atoms. The van der Waals surface area contributed by atoms with Gasteiger partial charge < -0.3 is 10.0 Å². The molecular formula is C14H20N2O. The van der Waals surface area contributed by atoms with Gasteiger partial charge in [-0.25, -0.2) is 0 Å². The summed E-state index contributed by atoms with van der Waals surface area (Å²) in [7, 11) is 2.19. The highest BCUT2D eigenvalue weighted by atomic mass is 16.3. The van der Waals surface area contributed by atoms with Gasteiger partial charge in [-0.2, -0.15) is 0 Å². The quantitative estimate of drug-likeness (QED) is 0.802. The Morgan fingerprint density at radius 1 is 1.35 bits per heavy atom. The molecule has 3 heteroatoms. The highest BCUT2D eigenvalue weighted by Crippen LogP contribution is 2.44. The maximum Gasteiger partial charge on any atom is 0.0927 e. The van der Waals surface area contributed by atoms with Crippen molar-refractivity contribution in [3.63, 3.8) is 0 Å². The largest absolute Gasteiger partial charge is 0.385 e. The monoisotopic (exact) mass is 232 g/mol. The van der Waals surface area contributed by atoms with Crippen LogP contribution >= 0.6 is 0 Å². The molecule has 2 fully saturated rings. The molecule has 0 amide bonds. The highest BCUT2D eigenvalue weighted by molar-refractivity contribution is 5.25. The smallest absolute Gasteiger partial charge is 0.0927 e. The van der Waals surface area contributed by atoms with Gasteiger partial charge in [-0.15, -0.1) is 0 Å². The van der Waals surface area contributed by atoms with E-state index in [4.69, 9.17) is 0 Å². The van der Waals surface area contributed by atoms with Crippen molar-refractivity contribution >= 4 is 0 Å². The Hall–Kier alpha value is -0.930. The average molecular weight is 232 g/mol. The molecule has 2 unspecified atom stereocenters. The molecule has 3 heterocycles. The molecule has 2 bridgehead atoms. The Labute approximate surface area is 102 Å². The molecule has 1 aromatic rings. The van der Waals surface area contributed by atoms with Crippen LogP contribution in [0, 0.1) is 6.92 Å². The second-order valence-corrected chi connectivity index (χ2v) is 5.68. The number of piperidine rings is 1. The maximum absolute atomic E-state index is 10.9. The topological polar surface area (TPSA) is 36.4 Å². The minimum atomic E-state index is -0.633. The van der Waals surface area contributed by atoms with Gasteiger partial charge in [-0.3, -0.25) is 4.98 Å². The third-order valence-corrected chi connectivity index (χ3v) is 4.57. The third kappa shape index (κ3) is 1.78. The van der Waals surface area contributed by atoms with Crippen LogP contribution in [0.2, 0.25) is 0 Å². The summed E-state index contributed by atoms with van der Waals surface area (Å²) in [6.07, 6.45) is 6.00. The molecule has 0 aliphatic carbocycles. The van der Waals surface area contributed by atoms with Crippen molar-refractivity contribution < 1.29 is 5.11 Å². The summed E-state index contributed by atoms with van der Waals surface area (Å²) in [6.45, 7) is 1.98. The van der Waals surface area contributed by atoms with Crippen molar-refractivity contribution in [2.75, 3.05) is 7.05 Å². The maximum atomic E-state index is 10.9. The first-order chi connectivity index (χ1) is 8.08. The Kier molecular flexibility index (Phi) is 2.49. The fraction of sp³-hybridized carbons (Fsp3) is 0.643. The summed E-state index contributed by atoms with van der Waals surface area (Å²) in [6, 6.07) is 5.10. The third-order valence-electron chi connectivity index (χ3n) is 4.57. The summed E-state index contributed by atoms with van der Waals surface area (Å²) in [4.78, 5) is 6.66. The van der Waals surface area contributed by atoms with Crippen LogP contribution < -0.4 is 0 Å². The number of aryl methyl sites for hydroxylation is 1. The summed E-state index contributed by atoms with van der Waals surface area (Å²) in [5.74, 6) is 0. The van der Waals surface area contributed by atoms with E-state index in [0.717, 1.165) is 24.1 Å². The normalized spacial score (nSPS) is 37.4. The molecule has 0 radical (unpaired) electrons. The SMILES string of the molecule is Cc1cc(C2(O)CC3CCC(C2)N3C)ccn1. The van der Waals surface area contributed by atoms with E-state index in [-0.39, 0.29) is 0 Å². The molecule has 92 valence electrons. The molecule has 0 spiro atoms. The van der Waals surface area contributed by atoms with E-state index in [9.17, 15) is 5.11 Å². The molecule has 0 saturated carbocycles. The first kappa shape index (κ1) is 11.2. The molecule has 2 aliphatic heterocycles. The summed E-state index contributed by atoms with van der Waals surface area (Å²) < 4.78 is 0. The molecule has 2 aliphatic rings. The van der Waals surface area contributed by atoms with Gasteiger partial charge >= 0.3 is 0 Å². The van der Waals surface area contributed by atoms with Gasteiger partial charge in [0.15, 0.2) is 0 Å². The van der Waals surface area contributed by atoms with E-state index in [2.05, 4.69) is 16.9 Å². The number of pyridine rings is 1. The number of rotatable bonds is 1. The highest BCUT2D eigenvalue weighted by Gasteiger charge is 2.46. The van der Waals surface area contributed by atoms with E-state index in [1.165, 1.54) is 12.8 Å². The van der Waals surface area contributed by atoms with Crippen LogP contribution in [0.5, 0.6) is 0 Å². The number of hydrogen-bond acceptors (Lipinski definition) is 3. The summed E-state index contributed by atoms with van der Waals surface area (Å²) in [5.41, 5.74) is 1.41. The number of hydrogen-bond donors (Lipinski definition) is 1. The van der Waals surface area contributed by atoms with E-state index < -0.39 is 5.60 Å². The second-order valence-electron chi connectivity index (χ2n) is 5.68. The molecular weight excluding hydrogens is 212 g/mol. The Balaban J connectivity index is 1.93. The van der Waals surface area contributed by atoms with Gasteiger partial charge in [0.25, 0.3) is 0 Å². The van der Waals surface area contributed by atoms with Crippen molar-refractivity contribution in [2.45, 2.75) is 50.3 Å². The van der Waals surface area contributed by atoms with Crippen LogP contribution in [0.25, 0.3) is 0 Å². The molecule has 1 aromatic heterocycles. The number of aromatic nitrogens is 1. The standard InChI is InChI=1S/C14H20N2O/c1-10-7-11(5-6-15-10)14(17)8-12-3-4-13(9-14)16(12)2/h5-7,12-13,17H,3-4,8-9H2,1-2H3. The molecule has 0 aromatic carbocycles. The van der Waals surface area contributed by atoms with Crippen LogP contribution in [0.4, 0.5) is 0 Å². The van der Waals surface area contributed by atoms with Gasteiger partial charge in [-0.1, -0.05) is 0 Å². The zero-order chi connectivity index (χ0) is 12.0. The van der Waals surface area contributed by atoms with Gasteiger partial charge in [0.2, 0.25) is 0 Å². The Bertz CT molecular complexity index is 418. The number of nitrogens with zero attached hydrogens (tertiary/aromatic N) is 2. The van der Waals surface area contributed by atoms with Crippen molar-refractivity contribution in [1.29, 1.82) is 0 Å². The van der Waals surface area contributed by atoms with Crippen molar-refractivity contribution in [3.05, 3.63) is 29.6 Å². The average Bonchev–Trinajstić information content (AvgIpc) is 2.53. The van der Waals surface area contributed by atoms with Crippen LogP contribution in [0.3, 0.4) is 0 Å². The first-order valence-electron chi connectivity index (χ1n) is 6.46. The van der Waals surface area contributed by atoms with Crippen molar-refractivity contribution in [2.24, 2.45) is 0 Å². The van der Waals surface area contributed by atoms with Crippen molar-refractivity contribution in [1.82, 2.24) is 9.88 Å². The van der Waals surface area contributed by atoms with Crippen LogP contribution in [0.15, 0.2) is 18.3 Å². The Morgan fingerprint density at radius 3 is 2.59 bits per heavy atom. The predicted octanol–water partition coefficient (Wildman–Crippen LogP) is 1.83. The van der Waals surface area contributed by atoms with Gasteiger partial charge in [0, 0.05) is 24.0 Å².